The van der Waals surface area contributed by atoms with Crippen LogP contribution < -0.4 is 5.32 Å². The molecule has 1 unspecified atom stereocenters. The Hall–Kier alpha value is -0.220. The molecule has 94 valence electrons. The number of unbranched alkanes of at least 4 members (excludes halogenated alkanes) is 2. The highest BCUT2D eigenvalue weighted by Gasteiger charge is 2.49. The summed E-state index contributed by atoms with van der Waals surface area (Å²) in [4.78, 5) is 11.4. The molecule has 0 aromatic heterocycles. The summed E-state index contributed by atoms with van der Waals surface area (Å²) in [6.07, 6.45) is 5.78. The third kappa shape index (κ3) is 3.39. The van der Waals surface area contributed by atoms with E-state index in [1.807, 2.05) is 0 Å². The summed E-state index contributed by atoms with van der Waals surface area (Å²) in [5.74, 6) is 1.44. The average molecular weight is 245 g/mol. The van der Waals surface area contributed by atoms with Gasteiger partial charge in [0.2, 0.25) is 0 Å². The largest absolute Gasteiger partial charge is 0.480 e. The van der Waals surface area contributed by atoms with Gasteiger partial charge in [-0.1, -0.05) is 19.8 Å². The van der Waals surface area contributed by atoms with Gasteiger partial charge in [0, 0.05) is 5.75 Å². The van der Waals surface area contributed by atoms with Gasteiger partial charge in [-0.25, -0.2) is 0 Å². The van der Waals surface area contributed by atoms with Crippen LogP contribution in [0.25, 0.3) is 0 Å². The smallest absolute Gasteiger partial charge is 0.325 e. The molecule has 0 aromatic carbocycles. The van der Waals surface area contributed by atoms with Crippen molar-refractivity contribution in [1.29, 1.82) is 0 Å². The van der Waals surface area contributed by atoms with Gasteiger partial charge in [-0.05, 0) is 38.0 Å². The standard InChI is InChI=1S/C12H23NO2S/c1-3-4-5-8-16-9-12(13-2,11(14)15)10-6-7-10/h10,13H,3-9H2,1-2H3,(H,14,15). The van der Waals surface area contributed by atoms with Crippen molar-refractivity contribution in [3.05, 3.63) is 0 Å². The van der Waals surface area contributed by atoms with E-state index < -0.39 is 11.5 Å². The van der Waals surface area contributed by atoms with Crippen LogP contribution in [0.1, 0.15) is 39.0 Å². The van der Waals surface area contributed by atoms with Gasteiger partial charge in [0.05, 0.1) is 0 Å². The number of carboxylic acid groups (broad SMARTS) is 1. The molecule has 1 aliphatic rings. The van der Waals surface area contributed by atoms with Crippen molar-refractivity contribution in [2.45, 2.75) is 44.6 Å². The number of hydrogen-bond donors (Lipinski definition) is 2. The summed E-state index contributed by atoms with van der Waals surface area (Å²) in [5, 5.41) is 12.4. The molecule has 2 N–H and O–H groups in total. The molecule has 0 heterocycles. The lowest BCUT2D eigenvalue weighted by Crippen LogP contribution is -2.54. The van der Waals surface area contributed by atoms with Crippen LogP contribution in [0.2, 0.25) is 0 Å². The third-order valence-corrected chi connectivity index (χ3v) is 4.56. The summed E-state index contributed by atoms with van der Waals surface area (Å²) in [5.41, 5.74) is -0.670. The molecular weight excluding hydrogens is 222 g/mol. The number of likely N-dealkylation sites (N-methyl/N-ethyl adjacent to an activating group) is 1. The fraction of sp³-hybridized carbons (Fsp3) is 0.917. The van der Waals surface area contributed by atoms with Gasteiger partial charge in [0.25, 0.3) is 0 Å². The summed E-state index contributed by atoms with van der Waals surface area (Å²) in [7, 11) is 1.78. The van der Waals surface area contributed by atoms with Crippen LogP contribution in [0, 0.1) is 5.92 Å². The molecule has 1 fully saturated rings. The van der Waals surface area contributed by atoms with Crippen LogP contribution in [0.5, 0.6) is 0 Å². The molecule has 0 aliphatic heterocycles. The van der Waals surface area contributed by atoms with Gasteiger partial charge >= 0.3 is 5.97 Å². The first kappa shape index (κ1) is 13.8. The fourth-order valence-electron chi connectivity index (χ4n) is 2.00. The average Bonchev–Trinajstić information content (AvgIpc) is 3.07. The SMILES string of the molecule is CCCCCSCC(NC)(C(=O)O)C1CC1. The van der Waals surface area contributed by atoms with E-state index in [0.717, 1.165) is 18.6 Å². The van der Waals surface area contributed by atoms with Crippen LogP contribution in [-0.2, 0) is 4.79 Å². The number of rotatable bonds is 9. The molecule has 0 amide bonds. The summed E-state index contributed by atoms with van der Waals surface area (Å²) >= 11 is 1.78. The van der Waals surface area contributed by atoms with Gasteiger partial charge in [-0.15, -0.1) is 0 Å². The molecule has 0 aromatic rings. The van der Waals surface area contributed by atoms with Crippen molar-refractivity contribution in [3.63, 3.8) is 0 Å². The second-order valence-electron chi connectivity index (χ2n) is 4.56. The predicted molar refractivity (Wildman–Crippen MR) is 69.0 cm³/mol. The molecule has 1 saturated carbocycles. The highest BCUT2D eigenvalue weighted by Crippen LogP contribution is 2.41. The van der Waals surface area contributed by atoms with E-state index in [4.69, 9.17) is 0 Å². The molecule has 4 heteroatoms. The second-order valence-corrected chi connectivity index (χ2v) is 5.67. The minimum Gasteiger partial charge on any atom is -0.480 e. The Morgan fingerprint density at radius 2 is 2.19 bits per heavy atom. The molecule has 1 atom stereocenters. The molecule has 0 saturated heterocycles. The monoisotopic (exact) mass is 245 g/mol. The maximum atomic E-state index is 11.4. The van der Waals surface area contributed by atoms with E-state index >= 15 is 0 Å². The van der Waals surface area contributed by atoms with Crippen LogP contribution >= 0.6 is 11.8 Å². The Morgan fingerprint density at radius 1 is 1.50 bits per heavy atom. The van der Waals surface area contributed by atoms with E-state index in [1.54, 1.807) is 18.8 Å². The molecular formula is C12H23NO2S. The van der Waals surface area contributed by atoms with E-state index in [9.17, 15) is 9.90 Å². The van der Waals surface area contributed by atoms with Crippen molar-refractivity contribution in [3.8, 4) is 0 Å². The highest BCUT2D eigenvalue weighted by molar-refractivity contribution is 7.99. The zero-order chi connectivity index (χ0) is 12.0. The normalized spacial score (nSPS) is 19.4. The lowest BCUT2D eigenvalue weighted by Gasteiger charge is -2.28. The Balaban J connectivity index is 2.35. The Kier molecular flexibility index (Phi) is 5.62. The van der Waals surface area contributed by atoms with Gasteiger partial charge in [0.15, 0.2) is 0 Å². The van der Waals surface area contributed by atoms with Crippen molar-refractivity contribution >= 4 is 17.7 Å². The maximum Gasteiger partial charge on any atom is 0.325 e. The van der Waals surface area contributed by atoms with Gasteiger partial charge in [0.1, 0.15) is 5.54 Å². The first-order valence-electron chi connectivity index (χ1n) is 6.17. The summed E-state index contributed by atoms with van der Waals surface area (Å²) in [6, 6.07) is 0. The molecule has 1 rings (SSSR count). The van der Waals surface area contributed by atoms with Crippen molar-refractivity contribution in [2.75, 3.05) is 18.6 Å². The Labute approximate surface area is 102 Å². The lowest BCUT2D eigenvalue weighted by atomic mass is 9.96. The minimum absolute atomic E-state index is 0.341. The second kappa shape index (κ2) is 6.50. The maximum absolute atomic E-state index is 11.4. The lowest BCUT2D eigenvalue weighted by molar-refractivity contribution is -0.144. The van der Waals surface area contributed by atoms with Crippen LogP contribution in [0.15, 0.2) is 0 Å². The Bertz CT molecular complexity index is 231. The molecule has 3 nitrogen and oxygen atoms in total. The van der Waals surface area contributed by atoms with Gasteiger partial charge in [-0.3, -0.25) is 4.79 Å². The summed E-state index contributed by atoms with van der Waals surface area (Å²) < 4.78 is 0. The fourth-order valence-corrected chi connectivity index (χ4v) is 3.38. The zero-order valence-corrected chi connectivity index (χ0v) is 11.1. The van der Waals surface area contributed by atoms with Crippen LogP contribution in [0.3, 0.4) is 0 Å². The Morgan fingerprint density at radius 3 is 2.62 bits per heavy atom. The number of hydrogen-bond acceptors (Lipinski definition) is 3. The zero-order valence-electron chi connectivity index (χ0n) is 10.3. The minimum atomic E-state index is -0.680. The number of aliphatic carboxylic acids is 1. The number of carbonyl (C=O) groups is 1. The van der Waals surface area contributed by atoms with Crippen LogP contribution in [0.4, 0.5) is 0 Å². The van der Waals surface area contributed by atoms with E-state index in [1.165, 1.54) is 19.3 Å². The molecule has 16 heavy (non-hydrogen) atoms. The van der Waals surface area contributed by atoms with E-state index in [0.29, 0.717) is 11.7 Å². The third-order valence-electron chi connectivity index (χ3n) is 3.32. The first-order valence-corrected chi connectivity index (χ1v) is 7.33. The van der Waals surface area contributed by atoms with E-state index in [-0.39, 0.29) is 0 Å². The number of nitrogens with one attached hydrogen (secondary N) is 1. The van der Waals surface area contributed by atoms with Crippen LogP contribution in [-0.4, -0.2) is 35.2 Å². The van der Waals surface area contributed by atoms with Crippen molar-refractivity contribution in [2.24, 2.45) is 5.92 Å². The molecule has 0 spiro atoms. The van der Waals surface area contributed by atoms with Gasteiger partial charge in [-0.2, -0.15) is 11.8 Å². The molecule has 0 radical (unpaired) electrons. The predicted octanol–water partition coefficient (Wildman–Crippen LogP) is 2.36. The first-order chi connectivity index (χ1) is 7.67. The van der Waals surface area contributed by atoms with Crippen molar-refractivity contribution < 1.29 is 9.90 Å². The van der Waals surface area contributed by atoms with Gasteiger partial charge < -0.3 is 10.4 Å². The van der Waals surface area contributed by atoms with Crippen molar-refractivity contribution in [1.82, 2.24) is 5.32 Å². The quantitative estimate of drug-likeness (QED) is 0.612. The number of thioether (sulfide) groups is 1. The summed E-state index contributed by atoms with van der Waals surface area (Å²) in [6.45, 7) is 2.18. The highest BCUT2D eigenvalue weighted by atomic mass is 32.2. The number of carboxylic acids is 1. The molecule has 1 aliphatic carbocycles. The molecule has 0 bridgehead atoms. The topological polar surface area (TPSA) is 49.3 Å². The van der Waals surface area contributed by atoms with E-state index in [2.05, 4.69) is 12.2 Å².